The van der Waals surface area contributed by atoms with E-state index < -0.39 is 0 Å². The predicted molar refractivity (Wildman–Crippen MR) is 137 cm³/mol. The van der Waals surface area contributed by atoms with Crippen LogP contribution in [-0.4, -0.2) is 32.5 Å². The lowest BCUT2D eigenvalue weighted by molar-refractivity contribution is -0.118. The summed E-state index contributed by atoms with van der Waals surface area (Å²) in [5, 5.41) is 4.61. The number of ketones is 1. The van der Waals surface area contributed by atoms with Gasteiger partial charge in [0.15, 0.2) is 17.3 Å². The molecule has 0 saturated heterocycles. The third-order valence-electron chi connectivity index (χ3n) is 7.01. The number of benzene rings is 2. The Morgan fingerprint density at radius 2 is 1.89 bits per heavy atom. The molecule has 37 heavy (non-hydrogen) atoms. The molecule has 3 heterocycles. The molecule has 1 atom stereocenters. The number of hydrogen-bond acceptors (Lipinski definition) is 7. The minimum atomic E-state index is -0.376. The molecule has 6 rings (SSSR count). The highest BCUT2D eigenvalue weighted by molar-refractivity contribution is 6.00. The van der Waals surface area contributed by atoms with Gasteiger partial charge < -0.3 is 14.2 Å². The van der Waals surface area contributed by atoms with Gasteiger partial charge in [0, 0.05) is 24.3 Å². The lowest BCUT2D eigenvalue weighted by atomic mass is 9.70. The molecule has 2 aromatic carbocycles. The fourth-order valence-corrected chi connectivity index (χ4v) is 5.24. The van der Waals surface area contributed by atoms with E-state index in [9.17, 15) is 4.79 Å². The summed E-state index contributed by atoms with van der Waals surface area (Å²) in [5.41, 5.74) is 3.80. The Morgan fingerprint density at radius 3 is 2.65 bits per heavy atom. The number of aromatic nitrogens is 4. The Balaban J connectivity index is 1.46. The summed E-state index contributed by atoms with van der Waals surface area (Å²) in [6.07, 6.45) is 2.72. The second-order valence-corrected chi connectivity index (χ2v) is 10.4. The molecule has 188 valence electrons. The predicted octanol–water partition coefficient (Wildman–Crippen LogP) is 5.19. The lowest BCUT2D eigenvalue weighted by Crippen LogP contribution is -2.33. The first-order chi connectivity index (χ1) is 17.8. The Labute approximate surface area is 214 Å². The van der Waals surface area contributed by atoms with Crippen LogP contribution in [-0.2, 0) is 11.4 Å². The monoisotopic (exact) mass is 496 g/mol. The number of rotatable bonds is 5. The molecule has 8 nitrogen and oxygen atoms in total. The molecular formula is C29H28N4O4. The first kappa shape index (κ1) is 23.2. The highest BCUT2D eigenvalue weighted by Crippen LogP contribution is 2.50. The molecule has 0 unspecified atom stereocenters. The highest BCUT2D eigenvalue weighted by Gasteiger charge is 2.44. The smallest absolute Gasteiger partial charge is 0.228 e. The van der Waals surface area contributed by atoms with Crippen LogP contribution in [0.25, 0.3) is 5.65 Å². The second kappa shape index (κ2) is 8.73. The van der Waals surface area contributed by atoms with Gasteiger partial charge in [-0.1, -0.05) is 44.2 Å². The third-order valence-corrected chi connectivity index (χ3v) is 7.01. The van der Waals surface area contributed by atoms with Crippen molar-refractivity contribution in [2.24, 2.45) is 5.41 Å². The summed E-state index contributed by atoms with van der Waals surface area (Å²) in [6.45, 7) is 6.38. The number of aryl methyl sites for hydroxylation is 1. The summed E-state index contributed by atoms with van der Waals surface area (Å²) in [7, 11) is 1.64. The molecule has 1 aliphatic carbocycles. The molecule has 0 amide bonds. The van der Waals surface area contributed by atoms with Gasteiger partial charge in [-0.2, -0.15) is 0 Å². The molecule has 8 heteroatoms. The first-order valence-corrected chi connectivity index (χ1v) is 12.3. The number of fused-ring (bicyclic) bond motifs is 3. The van der Waals surface area contributed by atoms with E-state index in [0.29, 0.717) is 41.5 Å². The molecule has 1 aliphatic heterocycles. The number of methoxy groups -OCH3 is 1. The van der Waals surface area contributed by atoms with Crippen molar-refractivity contribution in [1.82, 2.24) is 19.6 Å². The SMILES string of the molecule is COc1ccc([C@@H]2C3=C(CC(C)(C)CC3=O)Oc3ncn4nc(COc5ccccc5C)nc4c32)cc1. The molecule has 0 bridgehead atoms. The van der Waals surface area contributed by atoms with Crippen LogP contribution >= 0.6 is 0 Å². The van der Waals surface area contributed by atoms with Gasteiger partial charge in [0.2, 0.25) is 5.88 Å². The molecule has 0 saturated carbocycles. The van der Waals surface area contributed by atoms with Crippen molar-refractivity contribution in [2.75, 3.05) is 7.11 Å². The molecule has 0 N–H and O–H groups in total. The summed E-state index contributed by atoms with van der Waals surface area (Å²) < 4.78 is 19.3. The van der Waals surface area contributed by atoms with E-state index in [-0.39, 0.29) is 23.7 Å². The van der Waals surface area contributed by atoms with Crippen molar-refractivity contribution in [2.45, 2.75) is 46.1 Å². The Kier molecular flexibility index (Phi) is 5.47. The van der Waals surface area contributed by atoms with Crippen LogP contribution in [0.1, 0.15) is 55.1 Å². The highest BCUT2D eigenvalue weighted by atomic mass is 16.5. The van der Waals surface area contributed by atoms with Crippen LogP contribution in [0.4, 0.5) is 0 Å². The molecule has 4 aromatic rings. The van der Waals surface area contributed by atoms with E-state index in [4.69, 9.17) is 19.2 Å². The maximum absolute atomic E-state index is 13.5. The molecule has 2 aliphatic rings. The fourth-order valence-electron chi connectivity index (χ4n) is 5.24. The van der Waals surface area contributed by atoms with E-state index in [1.165, 1.54) is 0 Å². The Hall–Kier alpha value is -4.20. The van der Waals surface area contributed by atoms with Gasteiger partial charge in [-0.05, 0) is 41.7 Å². The van der Waals surface area contributed by atoms with Crippen LogP contribution in [0, 0.1) is 12.3 Å². The van der Waals surface area contributed by atoms with Gasteiger partial charge in [-0.25, -0.2) is 14.5 Å². The van der Waals surface area contributed by atoms with Gasteiger partial charge in [0.1, 0.15) is 30.2 Å². The van der Waals surface area contributed by atoms with Crippen molar-refractivity contribution in [3.63, 3.8) is 0 Å². The molecular weight excluding hydrogens is 468 g/mol. The van der Waals surface area contributed by atoms with Crippen LogP contribution in [0.5, 0.6) is 17.4 Å². The van der Waals surface area contributed by atoms with Crippen LogP contribution < -0.4 is 14.2 Å². The first-order valence-electron chi connectivity index (χ1n) is 12.3. The van der Waals surface area contributed by atoms with Gasteiger partial charge in [0.05, 0.1) is 12.7 Å². The lowest BCUT2D eigenvalue weighted by Gasteiger charge is -2.37. The summed E-state index contributed by atoms with van der Waals surface area (Å²) in [6, 6.07) is 15.6. The van der Waals surface area contributed by atoms with Crippen molar-refractivity contribution in [1.29, 1.82) is 0 Å². The van der Waals surface area contributed by atoms with Crippen LogP contribution in [0.15, 0.2) is 66.2 Å². The molecule has 0 fully saturated rings. The summed E-state index contributed by atoms with van der Waals surface area (Å²) >= 11 is 0. The van der Waals surface area contributed by atoms with Crippen molar-refractivity contribution in [3.05, 3.63) is 88.7 Å². The van der Waals surface area contributed by atoms with Gasteiger partial charge >= 0.3 is 0 Å². The maximum Gasteiger partial charge on any atom is 0.228 e. The minimum absolute atomic E-state index is 0.0855. The number of Topliss-reactive ketones (excluding diaryl/α,β-unsaturated/α-hetero) is 1. The van der Waals surface area contributed by atoms with E-state index >= 15 is 0 Å². The molecule has 0 spiro atoms. The van der Waals surface area contributed by atoms with Gasteiger partial charge in [0.25, 0.3) is 0 Å². The van der Waals surface area contributed by atoms with E-state index in [0.717, 1.165) is 28.2 Å². The normalized spacial score (nSPS) is 18.3. The molecule has 2 aromatic heterocycles. The number of ether oxygens (including phenoxy) is 3. The van der Waals surface area contributed by atoms with Crippen LogP contribution in [0.2, 0.25) is 0 Å². The van der Waals surface area contributed by atoms with Crippen molar-refractivity contribution < 1.29 is 19.0 Å². The quantitative estimate of drug-likeness (QED) is 0.376. The standard InChI is InChI=1S/C29H28N4O4/c1-17-7-5-6-8-21(17)36-15-23-31-27-26-24(18-9-11-19(35-4)12-10-18)25-20(34)13-29(2,3)14-22(25)37-28(26)30-16-33(27)32-23/h5-12,16,24H,13-15H2,1-4H3/t24-/m1/s1. The number of carbonyl (C=O) groups excluding carboxylic acids is 1. The number of allylic oxidation sites excluding steroid dienone is 2. The number of hydrogen-bond donors (Lipinski definition) is 0. The Morgan fingerprint density at radius 1 is 1.11 bits per heavy atom. The average Bonchev–Trinajstić information content (AvgIpc) is 3.30. The van der Waals surface area contributed by atoms with Crippen LogP contribution in [0.3, 0.4) is 0 Å². The van der Waals surface area contributed by atoms with Crippen molar-refractivity contribution >= 4 is 11.4 Å². The zero-order valence-corrected chi connectivity index (χ0v) is 21.3. The summed E-state index contributed by atoms with van der Waals surface area (Å²) in [4.78, 5) is 23.0. The topological polar surface area (TPSA) is 87.8 Å². The van der Waals surface area contributed by atoms with E-state index in [1.807, 2.05) is 55.5 Å². The Bertz CT molecular complexity index is 1550. The van der Waals surface area contributed by atoms with E-state index in [2.05, 4.69) is 23.9 Å². The number of nitrogens with zero attached hydrogens (tertiary/aromatic N) is 4. The maximum atomic E-state index is 13.5. The second-order valence-electron chi connectivity index (χ2n) is 10.4. The van der Waals surface area contributed by atoms with Gasteiger partial charge in [-0.15, -0.1) is 5.10 Å². The summed E-state index contributed by atoms with van der Waals surface area (Å²) in [5.74, 6) is 2.90. The largest absolute Gasteiger partial charge is 0.497 e. The fraction of sp³-hybridized carbons (Fsp3) is 0.310. The third kappa shape index (κ3) is 4.12. The van der Waals surface area contributed by atoms with E-state index in [1.54, 1.807) is 18.0 Å². The molecule has 0 radical (unpaired) electrons. The average molecular weight is 497 g/mol. The van der Waals surface area contributed by atoms with Crippen molar-refractivity contribution in [3.8, 4) is 17.4 Å². The minimum Gasteiger partial charge on any atom is -0.497 e. The zero-order chi connectivity index (χ0) is 25.7. The number of para-hydroxylation sites is 1. The zero-order valence-electron chi connectivity index (χ0n) is 21.3. The van der Waals surface area contributed by atoms with Gasteiger partial charge in [-0.3, -0.25) is 4.79 Å². The number of carbonyl (C=O) groups is 1.